The smallest absolute Gasteiger partial charge is 0.407 e. The first-order chi connectivity index (χ1) is 10.1. The van der Waals surface area contributed by atoms with Crippen molar-refractivity contribution in [1.82, 2.24) is 9.80 Å². The first-order valence-electron chi connectivity index (χ1n) is 6.86. The molecule has 2 amide bonds. The summed E-state index contributed by atoms with van der Waals surface area (Å²) in [5.41, 5.74) is 1.10. The van der Waals surface area contributed by atoms with Gasteiger partial charge in [0.15, 0.2) is 0 Å². The van der Waals surface area contributed by atoms with Crippen molar-refractivity contribution in [2.75, 3.05) is 26.2 Å². The Morgan fingerprint density at radius 2 is 1.57 bits per heavy atom. The molecule has 2 heterocycles. The lowest BCUT2D eigenvalue weighted by molar-refractivity contribution is 0.0774. The molecule has 0 saturated carbocycles. The zero-order valence-corrected chi connectivity index (χ0v) is 11.4. The number of hydrogen-bond acceptors (Lipinski definition) is 3. The minimum absolute atomic E-state index is 0.0456. The summed E-state index contributed by atoms with van der Waals surface area (Å²) >= 11 is 0. The molecule has 108 valence electrons. The summed E-state index contributed by atoms with van der Waals surface area (Å²) in [4.78, 5) is 26.6. The molecule has 6 heteroatoms. The number of likely N-dealkylation sites (tertiary alicyclic amines) is 2. The Morgan fingerprint density at radius 1 is 1.05 bits per heavy atom. The third-order valence-corrected chi connectivity index (χ3v) is 4.30. The first-order valence-corrected chi connectivity index (χ1v) is 6.86. The predicted octanol–water partition coefficient (Wildman–Crippen LogP) is 1.24. The molecule has 2 saturated heterocycles. The Hall–Kier alpha value is -2.55. The molecule has 1 aromatic carbocycles. The Kier molecular flexibility index (Phi) is 3.26. The Balaban J connectivity index is 1.66. The molecule has 0 radical (unpaired) electrons. The maximum Gasteiger partial charge on any atom is 0.407 e. The fourth-order valence-electron chi connectivity index (χ4n) is 3.19. The van der Waals surface area contributed by atoms with Crippen molar-refractivity contribution >= 4 is 12.0 Å². The van der Waals surface area contributed by atoms with E-state index in [1.165, 1.54) is 4.90 Å². The van der Waals surface area contributed by atoms with Crippen LogP contribution in [0.3, 0.4) is 0 Å². The van der Waals surface area contributed by atoms with Gasteiger partial charge in [0.1, 0.15) is 0 Å². The van der Waals surface area contributed by atoms with Crippen LogP contribution in [0.2, 0.25) is 0 Å². The molecule has 1 aromatic rings. The molecule has 0 bridgehead atoms. The zero-order valence-electron chi connectivity index (χ0n) is 11.4. The Labute approximate surface area is 122 Å². The van der Waals surface area contributed by atoms with Gasteiger partial charge in [-0.3, -0.25) is 4.79 Å². The van der Waals surface area contributed by atoms with E-state index in [2.05, 4.69) is 0 Å². The van der Waals surface area contributed by atoms with Gasteiger partial charge in [0.25, 0.3) is 5.91 Å². The summed E-state index contributed by atoms with van der Waals surface area (Å²) in [6.45, 7) is 2.23. The SMILES string of the molecule is N#Cc1ccc(C(=O)N2C[C@H]3CN(C(=O)O)C[C@H]3C2)cc1. The molecule has 1 N–H and O–H groups in total. The van der Waals surface area contributed by atoms with Crippen LogP contribution in [0.4, 0.5) is 4.79 Å². The molecule has 0 aromatic heterocycles. The maximum atomic E-state index is 12.4. The minimum Gasteiger partial charge on any atom is -0.465 e. The van der Waals surface area contributed by atoms with Gasteiger partial charge < -0.3 is 14.9 Å². The molecular formula is C15H15N3O3. The summed E-state index contributed by atoms with van der Waals surface area (Å²) in [6, 6.07) is 8.63. The van der Waals surface area contributed by atoms with Crippen LogP contribution in [-0.4, -0.2) is 53.1 Å². The highest BCUT2D eigenvalue weighted by molar-refractivity contribution is 5.94. The summed E-state index contributed by atoms with van der Waals surface area (Å²) in [7, 11) is 0. The Morgan fingerprint density at radius 3 is 2.05 bits per heavy atom. The molecule has 6 nitrogen and oxygen atoms in total. The van der Waals surface area contributed by atoms with E-state index in [0.29, 0.717) is 37.3 Å². The van der Waals surface area contributed by atoms with Crippen LogP contribution in [-0.2, 0) is 0 Å². The third-order valence-electron chi connectivity index (χ3n) is 4.30. The quantitative estimate of drug-likeness (QED) is 0.841. The van der Waals surface area contributed by atoms with E-state index in [-0.39, 0.29) is 17.7 Å². The lowest BCUT2D eigenvalue weighted by Gasteiger charge is -2.20. The van der Waals surface area contributed by atoms with Crippen molar-refractivity contribution in [3.63, 3.8) is 0 Å². The van der Waals surface area contributed by atoms with E-state index in [9.17, 15) is 9.59 Å². The van der Waals surface area contributed by atoms with Crippen molar-refractivity contribution < 1.29 is 14.7 Å². The lowest BCUT2D eigenvalue weighted by Crippen LogP contribution is -2.35. The lowest BCUT2D eigenvalue weighted by atomic mass is 10.0. The van der Waals surface area contributed by atoms with Crippen LogP contribution in [0.15, 0.2) is 24.3 Å². The largest absolute Gasteiger partial charge is 0.465 e. The summed E-state index contributed by atoms with van der Waals surface area (Å²) in [5.74, 6) is 0.433. The van der Waals surface area contributed by atoms with Gasteiger partial charge in [0.05, 0.1) is 11.6 Å². The first kappa shape index (κ1) is 13.4. The highest BCUT2D eigenvalue weighted by Crippen LogP contribution is 2.31. The number of carboxylic acid groups (broad SMARTS) is 1. The number of carbonyl (C=O) groups is 2. The van der Waals surface area contributed by atoms with Crippen LogP contribution < -0.4 is 0 Å². The van der Waals surface area contributed by atoms with Crippen molar-refractivity contribution in [2.24, 2.45) is 11.8 Å². The van der Waals surface area contributed by atoms with E-state index < -0.39 is 6.09 Å². The predicted molar refractivity (Wildman–Crippen MR) is 73.6 cm³/mol. The molecule has 2 fully saturated rings. The second kappa shape index (κ2) is 5.09. The molecule has 0 aliphatic carbocycles. The molecule has 2 aliphatic heterocycles. The van der Waals surface area contributed by atoms with Crippen LogP contribution in [0.5, 0.6) is 0 Å². The van der Waals surface area contributed by atoms with Crippen molar-refractivity contribution in [3.8, 4) is 6.07 Å². The van der Waals surface area contributed by atoms with E-state index in [1.807, 2.05) is 6.07 Å². The average Bonchev–Trinajstić information content (AvgIpc) is 3.05. The fourth-order valence-corrected chi connectivity index (χ4v) is 3.19. The van der Waals surface area contributed by atoms with Gasteiger partial charge in [-0.05, 0) is 24.3 Å². The van der Waals surface area contributed by atoms with Gasteiger partial charge in [-0.1, -0.05) is 0 Å². The molecule has 2 aliphatic rings. The monoisotopic (exact) mass is 285 g/mol. The van der Waals surface area contributed by atoms with Gasteiger partial charge in [-0.25, -0.2) is 4.79 Å². The number of carbonyl (C=O) groups excluding carboxylic acids is 1. The van der Waals surface area contributed by atoms with Gasteiger partial charge in [-0.15, -0.1) is 0 Å². The van der Waals surface area contributed by atoms with Gasteiger partial charge in [-0.2, -0.15) is 5.26 Å². The zero-order chi connectivity index (χ0) is 15.0. The highest BCUT2D eigenvalue weighted by atomic mass is 16.4. The number of rotatable bonds is 1. The number of hydrogen-bond donors (Lipinski definition) is 1. The standard InChI is InChI=1S/C15H15N3O3/c16-5-10-1-3-11(4-2-10)14(19)17-6-12-8-18(15(20)21)9-13(12)7-17/h1-4,12-13H,6-9H2,(H,20,21)/t12-,13+. The number of benzene rings is 1. The summed E-state index contributed by atoms with van der Waals surface area (Å²) < 4.78 is 0. The topological polar surface area (TPSA) is 84.6 Å². The second-order valence-corrected chi connectivity index (χ2v) is 5.61. The number of nitriles is 1. The van der Waals surface area contributed by atoms with Crippen molar-refractivity contribution in [1.29, 1.82) is 5.26 Å². The van der Waals surface area contributed by atoms with E-state index >= 15 is 0 Å². The highest BCUT2D eigenvalue weighted by Gasteiger charge is 2.43. The molecule has 3 rings (SSSR count). The molecule has 2 atom stereocenters. The van der Waals surface area contributed by atoms with Gasteiger partial charge >= 0.3 is 6.09 Å². The molecule has 21 heavy (non-hydrogen) atoms. The van der Waals surface area contributed by atoms with Crippen LogP contribution in [0.25, 0.3) is 0 Å². The molecule has 0 spiro atoms. The van der Waals surface area contributed by atoms with Crippen LogP contribution in [0.1, 0.15) is 15.9 Å². The summed E-state index contributed by atoms with van der Waals surface area (Å²) in [6.07, 6.45) is -0.880. The van der Waals surface area contributed by atoms with Crippen molar-refractivity contribution in [2.45, 2.75) is 0 Å². The summed E-state index contributed by atoms with van der Waals surface area (Å²) in [5, 5.41) is 17.7. The number of amides is 2. The second-order valence-electron chi connectivity index (χ2n) is 5.61. The van der Waals surface area contributed by atoms with Crippen molar-refractivity contribution in [3.05, 3.63) is 35.4 Å². The molecular weight excluding hydrogens is 270 g/mol. The molecule has 0 unspecified atom stereocenters. The van der Waals surface area contributed by atoms with E-state index in [4.69, 9.17) is 10.4 Å². The number of nitrogens with zero attached hydrogens (tertiary/aromatic N) is 3. The van der Waals surface area contributed by atoms with Crippen LogP contribution in [0, 0.1) is 23.2 Å². The third kappa shape index (κ3) is 2.42. The van der Waals surface area contributed by atoms with Gasteiger partial charge in [0, 0.05) is 43.6 Å². The van der Waals surface area contributed by atoms with E-state index in [0.717, 1.165) is 0 Å². The fraction of sp³-hybridized carbons (Fsp3) is 0.400. The van der Waals surface area contributed by atoms with Gasteiger partial charge in [0.2, 0.25) is 0 Å². The average molecular weight is 285 g/mol. The number of fused-ring (bicyclic) bond motifs is 1. The maximum absolute atomic E-state index is 12.4. The van der Waals surface area contributed by atoms with E-state index in [1.54, 1.807) is 29.2 Å². The van der Waals surface area contributed by atoms with Crippen LogP contribution >= 0.6 is 0 Å². The Bertz CT molecular complexity index is 606. The normalized spacial score (nSPS) is 23.8. The minimum atomic E-state index is -0.880.